The SMILES string of the molecule is CCC(CCO)NS(=O)(=O)c1cnn(CC(=O)O)c1. The summed E-state index contributed by atoms with van der Waals surface area (Å²) in [6, 6.07) is -0.363. The number of aromatic nitrogens is 2. The first-order valence-electron chi connectivity index (χ1n) is 5.76. The van der Waals surface area contributed by atoms with E-state index < -0.39 is 22.5 Å². The van der Waals surface area contributed by atoms with Crippen molar-refractivity contribution < 1.29 is 23.4 Å². The predicted octanol–water partition coefficient (Wildman–Crippen LogP) is -0.593. The molecule has 0 aliphatic carbocycles. The Balaban J connectivity index is 2.82. The van der Waals surface area contributed by atoms with E-state index in [2.05, 4.69) is 9.82 Å². The molecule has 1 rings (SSSR count). The molecule has 1 atom stereocenters. The van der Waals surface area contributed by atoms with Crippen LogP contribution in [0.25, 0.3) is 0 Å². The summed E-state index contributed by atoms with van der Waals surface area (Å²) in [4.78, 5) is 10.4. The lowest BCUT2D eigenvalue weighted by atomic mass is 10.2. The smallest absolute Gasteiger partial charge is 0.325 e. The van der Waals surface area contributed by atoms with Crippen molar-refractivity contribution in [3.63, 3.8) is 0 Å². The van der Waals surface area contributed by atoms with Gasteiger partial charge in [0.15, 0.2) is 0 Å². The van der Waals surface area contributed by atoms with E-state index in [1.54, 1.807) is 6.92 Å². The van der Waals surface area contributed by atoms with Crippen LogP contribution in [0.2, 0.25) is 0 Å². The normalized spacial score (nSPS) is 13.4. The highest BCUT2D eigenvalue weighted by Gasteiger charge is 2.20. The molecule has 0 radical (unpaired) electrons. The minimum absolute atomic E-state index is 0.0925. The Morgan fingerprint density at radius 2 is 2.26 bits per heavy atom. The summed E-state index contributed by atoms with van der Waals surface area (Å²) in [5.74, 6) is -1.10. The van der Waals surface area contributed by atoms with Gasteiger partial charge in [0.1, 0.15) is 11.4 Å². The van der Waals surface area contributed by atoms with Gasteiger partial charge in [0, 0.05) is 18.8 Å². The molecule has 0 spiro atoms. The van der Waals surface area contributed by atoms with Crippen molar-refractivity contribution in [2.75, 3.05) is 6.61 Å². The van der Waals surface area contributed by atoms with E-state index in [9.17, 15) is 13.2 Å². The van der Waals surface area contributed by atoms with Crippen molar-refractivity contribution in [1.29, 1.82) is 0 Å². The third-order valence-corrected chi connectivity index (χ3v) is 3.98. The first kappa shape index (κ1) is 15.6. The monoisotopic (exact) mass is 291 g/mol. The fraction of sp³-hybridized carbons (Fsp3) is 0.600. The highest BCUT2D eigenvalue weighted by Crippen LogP contribution is 2.10. The third-order valence-electron chi connectivity index (χ3n) is 2.51. The topological polar surface area (TPSA) is 122 Å². The molecule has 8 nitrogen and oxygen atoms in total. The lowest BCUT2D eigenvalue weighted by molar-refractivity contribution is -0.137. The summed E-state index contributed by atoms with van der Waals surface area (Å²) in [6.45, 7) is 1.29. The molecule has 19 heavy (non-hydrogen) atoms. The van der Waals surface area contributed by atoms with Crippen molar-refractivity contribution in [2.45, 2.75) is 37.2 Å². The van der Waals surface area contributed by atoms with Crippen LogP contribution in [0.15, 0.2) is 17.3 Å². The van der Waals surface area contributed by atoms with E-state index in [1.807, 2.05) is 0 Å². The first-order valence-corrected chi connectivity index (χ1v) is 7.24. The highest BCUT2D eigenvalue weighted by atomic mass is 32.2. The molecule has 1 aromatic rings. The maximum Gasteiger partial charge on any atom is 0.325 e. The number of hydrogen-bond acceptors (Lipinski definition) is 5. The Morgan fingerprint density at radius 1 is 1.58 bits per heavy atom. The average Bonchev–Trinajstić information content (AvgIpc) is 2.76. The Morgan fingerprint density at radius 3 is 2.79 bits per heavy atom. The average molecular weight is 291 g/mol. The molecule has 0 aromatic carbocycles. The van der Waals surface area contributed by atoms with E-state index in [4.69, 9.17) is 10.2 Å². The van der Waals surface area contributed by atoms with Gasteiger partial charge in [-0.05, 0) is 12.8 Å². The van der Waals surface area contributed by atoms with Crippen molar-refractivity contribution in [3.05, 3.63) is 12.4 Å². The van der Waals surface area contributed by atoms with Gasteiger partial charge in [-0.15, -0.1) is 0 Å². The van der Waals surface area contributed by atoms with Crippen molar-refractivity contribution >= 4 is 16.0 Å². The maximum absolute atomic E-state index is 12.0. The zero-order valence-electron chi connectivity index (χ0n) is 10.5. The molecule has 0 saturated heterocycles. The van der Waals surface area contributed by atoms with E-state index in [-0.39, 0.29) is 17.5 Å². The molecule has 0 saturated carbocycles. The lowest BCUT2D eigenvalue weighted by Crippen LogP contribution is -2.34. The van der Waals surface area contributed by atoms with Crippen LogP contribution >= 0.6 is 0 Å². The number of aliphatic carboxylic acids is 1. The second-order valence-electron chi connectivity index (χ2n) is 4.01. The van der Waals surface area contributed by atoms with Gasteiger partial charge in [-0.1, -0.05) is 6.92 Å². The molecule has 1 unspecified atom stereocenters. The Kier molecular flexibility index (Phi) is 5.45. The van der Waals surface area contributed by atoms with E-state index in [0.717, 1.165) is 17.1 Å². The molecular formula is C10H17N3O5S. The van der Waals surface area contributed by atoms with Crippen LogP contribution in [0.4, 0.5) is 0 Å². The van der Waals surface area contributed by atoms with Gasteiger partial charge in [0.2, 0.25) is 10.0 Å². The van der Waals surface area contributed by atoms with Gasteiger partial charge in [-0.3, -0.25) is 9.48 Å². The number of carboxylic acid groups (broad SMARTS) is 1. The number of carboxylic acids is 1. The Hall–Kier alpha value is -1.45. The fourth-order valence-corrected chi connectivity index (χ4v) is 2.80. The number of nitrogens with zero attached hydrogens (tertiary/aromatic N) is 2. The van der Waals surface area contributed by atoms with Gasteiger partial charge in [-0.25, -0.2) is 13.1 Å². The molecule has 0 aliphatic rings. The molecule has 0 aliphatic heterocycles. The highest BCUT2D eigenvalue weighted by molar-refractivity contribution is 7.89. The number of carbonyl (C=O) groups is 1. The number of nitrogens with one attached hydrogen (secondary N) is 1. The quantitative estimate of drug-likeness (QED) is 0.588. The second-order valence-corrected chi connectivity index (χ2v) is 5.72. The summed E-state index contributed by atoms with van der Waals surface area (Å²) in [5.41, 5.74) is 0. The predicted molar refractivity (Wildman–Crippen MR) is 66.0 cm³/mol. The van der Waals surface area contributed by atoms with Crippen LogP contribution in [0.3, 0.4) is 0 Å². The standard InChI is InChI=1S/C10H17N3O5S/c1-2-8(3-4-14)12-19(17,18)9-5-11-13(6-9)7-10(15)16/h5-6,8,12,14H,2-4,7H2,1H3,(H,15,16). The Bertz CT molecular complexity index is 525. The second kappa shape index (κ2) is 6.64. The summed E-state index contributed by atoms with van der Waals surface area (Å²) in [5, 5.41) is 21.1. The van der Waals surface area contributed by atoms with E-state index in [0.29, 0.717) is 12.8 Å². The van der Waals surface area contributed by atoms with Gasteiger partial charge >= 0.3 is 5.97 Å². The largest absolute Gasteiger partial charge is 0.480 e. The number of rotatable bonds is 8. The lowest BCUT2D eigenvalue weighted by Gasteiger charge is -2.14. The molecule has 3 N–H and O–H groups in total. The third kappa shape index (κ3) is 4.62. The van der Waals surface area contributed by atoms with E-state index >= 15 is 0 Å². The summed E-state index contributed by atoms with van der Waals surface area (Å²) in [7, 11) is -3.75. The maximum atomic E-state index is 12.0. The number of aliphatic hydroxyl groups is 1. The summed E-state index contributed by atoms with van der Waals surface area (Å²) >= 11 is 0. The minimum atomic E-state index is -3.75. The van der Waals surface area contributed by atoms with E-state index in [1.165, 1.54) is 0 Å². The summed E-state index contributed by atoms with van der Waals surface area (Å²) in [6.07, 6.45) is 3.11. The molecule has 1 aromatic heterocycles. The van der Waals surface area contributed by atoms with Crippen molar-refractivity contribution in [3.8, 4) is 0 Å². The number of aliphatic hydroxyl groups excluding tert-OH is 1. The number of hydrogen-bond donors (Lipinski definition) is 3. The van der Waals surface area contributed by atoms with Crippen LogP contribution in [-0.2, 0) is 21.4 Å². The molecule has 1 heterocycles. The van der Waals surface area contributed by atoms with Crippen LogP contribution in [0.5, 0.6) is 0 Å². The van der Waals surface area contributed by atoms with Crippen LogP contribution in [0.1, 0.15) is 19.8 Å². The van der Waals surface area contributed by atoms with Gasteiger partial charge in [0.25, 0.3) is 0 Å². The van der Waals surface area contributed by atoms with Gasteiger partial charge < -0.3 is 10.2 Å². The molecule has 0 amide bonds. The first-order chi connectivity index (χ1) is 8.89. The van der Waals surface area contributed by atoms with Crippen LogP contribution in [-0.4, -0.2) is 47.0 Å². The Labute approximate surface area is 111 Å². The summed E-state index contributed by atoms with van der Waals surface area (Å²) < 4.78 is 27.4. The number of sulfonamides is 1. The molecule has 0 fully saturated rings. The van der Waals surface area contributed by atoms with Crippen LogP contribution < -0.4 is 4.72 Å². The minimum Gasteiger partial charge on any atom is -0.480 e. The van der Waals surface area contributed by atoms with Gasteiger partial charge in [0.05, 0.1) is 6.20 Å². The fourth-order valence-electron chi connectivity index (χ4n) is 1.50. The van der Waals surface area contributed by atoms with Gasteiger partial charge in [-0.2, -0.15) is 5.10 Å². The molecule has 0 bridgehead atoms. The zero-order valence-corrected chi connectivity index (χ0v) is 11.3. The zero-order chi connectivity index (χ0) is 14.5. The molecule has 108 valence electrons. The van der Waals surface area contributed by atoms with Crippen molar-refractivity contribution in [2.24, 2.45) is 0 Å². The van der Waals surface area contributed by atoms with Crippen LogP contribution in [0, 0.1) is 0 Å². The van der Waals surface area contributed by atoms with Crippen molar-refractivity contribution in [1.82, 2.24) is 14.5 Å². The molecule has 9 heteroatoms. The molecular weight excluding hydrogens is 274 g/mol.